The van der Waals surface area contributed by atoms with E-state index in [4.69, 9.17) is 11.6 Å². The number of pyridine rings is 1. The molecule has 2 aromatic rings. The van der Waals surface area contributed by atoms with Crippen LogP contribution in [0.2, 0.25) is 5.15 Å². The second kappa shape index (κ2) is 5.88. The molecule has 2 rings (SSSR count). The number of rotatable bonds is 4. The number of carbonyl (C=O) groups excluding carboxylic acids is 1. The van der Waals surface area contributed by atoms with Crippen LogP contribution in [0.1, 0.15) is 35.8 Å². The number of nitrogens with zero attached hydrogens (tertiary/aromatic N) is 3. The molecule has 9 heteroatoms. The first-order valence-electron chi connectivity index (χ1n) is 6.05. The number of hydrogen-bond acceptors (Lipinski definition) is 5. The van der Waals surface area contributed by atoms with E-state index in [9.17, 15) is 14.9 Å². The standard InChI is InChI=1S/C12H12ClN5O3/c1-6(2)9-4-10(17-16-9)15-12(19)8-3-7(18(20)21)5-14-11(8)13/h3-6H,1-2H3,(H2,15,16,17,19). The van der Waals surface area contributed by atoms with Crippen LogP contribution in [0.25, 0.3) is 0 Å². The minimum absolute atomic E-state index is 0.0834. The Morgan fingerprint density at radius 1 is 1.48 bits per heavy atom. The van der Waals surface area contributed by atoms with Gasteiger partial charge in [0.25, 0.3) is 11.6 Å². The molecule has 0 aliphatic rings. The highest BCUT2D eigenvalue weighted by molar-refractivity contribution is 6.33. The molecule has 0 aliphatic heterocycles. The summed E-state index contributed by atoms with van der Waals surface area (Å²) in [5.74, 6) is -0.0736. The SMILES string of the molecule is CC(C)c1cc(NC(=O)c2cc([N+](=O)[O-])cnc2Cl)n[nH]1. The van der Waals surface area contributed by atoms with Crippen molar-refractivity contribution in [3.63, 3.8) is 0 Å². The summed E-state index contributed by atoms with van der Waals surface area (Å²) in [6, 6.07) is 2.75. The smallest absolute Gasteiger partial charge is 0.288 e. The molecule has 2 N–H and O–H groups in total. The normalized spacial score (nSPS) is 10.7. The van der Waals surface area contributed by atoms with Crippen molar-refractivity contribution in [2.75, 3.05) is 5.32 Å². The third-order valence-corrected chi connectivity index (χ3v) is 3.04. The second-order valence-electron chi connectivity index (χ2n) is 4.61. The van der Waals surface area contributed by atoms with Crippen molar-refractivity contribution in [3.8, 4) is 0 Å². The van der Waals surface area contributed by atoms with E-state index in [1.807, 2.05) is 13.8 Å². The number of hydrogen-bond donors (Lipinski definition) is 2. The van der Waals surface area contributed by atoms with Crippen molar-refractivity contribution in [2.45, 2.75) is 19.8 Å². The van der Waals surface area contributed by atoms with Gasteiger partial charge in [0.2, 0.25) is 0 Å². The van der Waals surface area contributed by atoms with Gasteiger partial charge in [0.15, 0.2) is 5.82 Å². The summed E-state index contributed by atoms with van der Waals surface area (Å²) in [5.41, 5.74) is 0.461. The fourth-order valence-corrected chi connectivity index (χ4v) is 1.77. The molecule has 110 valence electrons. The summed E-state index contributed by atoms with van der Waals surface area (Å²) in [7, 11) is 0. The van der Waals surface area contributed by atoms with E-state index in [2.05, 4.69) is 20.5 Å². The van der Waals surface area contributed by atoms with E-state index in [0.717, 1.165) is 18.0 Å². The first-order valence-corrected chi connectivity index (χ1v) is 6.43. The molecule has 2 aromatic heterocycles. The Morgan fingerprint density at radius 2 is 2.19 bits per heavy atom. The third-order valence-electron chi connectivity index (χ3n) is 2.74. The topological polar surface area (TPSA) is 114 Å². The van der Waals surface area contributed by atoms with Crippen LogP contribution in [0.15, 0.2) is 18.3 Å². The zero-order valence-electron chi connectivity index (χ0n) is 11.3. The Labute approximate surface area is 124 Å². The molecule has 0 bridgehead atoms. The Hall–Kier alpha value is -2.48. The Morgan fingerprint density at radius 3 is 2.76 bits per heavy atom. The van der Waals surface area contributed by atoms with Crippen molar-refractivity contribution in [1.29, 1.82) is 0 Å². The molecule has 0 aliphatic carbocycles. The van der Waals surface area contributed by atoms with E-state index in [1.165, 1.54) is 0 Å². The Balaban J connectivity index is 2.23. The lowest BCUT2D eigenvalue weighted by molar-refractivity contribution is -0.385. The maximum absolute atomic E-state index is 12.1. The van der Waals surface area contributed by atoms with E-state index >= 15 is 0 Å². The summed E-state index contributed by atoms with van der Waals surface area (Å²) in [6.07, 6.45) is 0.991. The number of aromatic nitrogens is 3. The Bertz CT molecular complexity index is 698. The number of nitro groups is 1. The van der Waals surface area contributed by atoms with Crippen LogP contribution in [0.4, 0.5) is 11.5 Å². The van der Waals surface area contributed by atoms with Gasteiger partial charge in [0.05, 0.1) is 10.5 Å². The molecule has 0 aromatic carbocycles. The van der Waals surface area contributed by atoms with Gasteiger partial charge in [-0.15, -0.1) is 0 Å². The summed E-state index contributed by atoms with van der Waals surface area (Å²) >= 11 is 5.79. The fourth-order valence-electron chi connectivity index (χ4n) is 1.58. The highest BCUT2D eigenvalue weighted by Gasteiger charge is 2.18. The van der Waals surface area contributed by atoms with Crippen molar-refractivity contribution in [2.24, 2.45) is 0 Å². The van der Waals surface area contributed by atoms with Crippen LogP contribution in [0.5, 0.6) is 0 Å². The second-order valence-corrected chi connectivity index (χ2v) is 4.96. The predicted octanol–water partition coefficient (Wildman–Crippen LogP) is 2.74. The monoisotopic (exact) mass is 309 g/mol. The van der Waals surface area contributed by atoms with E-state index in [-0.39, 0.29) is 22.3 Å². The first-order chi connectivity index (χ1) is 9.88. The van der Waals surface area contributed by atoms with Crippen LogP contribution in [-0.4, -0.2) is 26.0 Å². The molecule has 0 saturated heterocycles. The summed E-state index contributed by atoms with van der Waals surface area (Å²) in [4.78, 5) is 25.8. The van der Waals surface area contributed by atoms with Gasteiger partial charge in [-0.25, -0.2) is 4.98 Å². The van der Waals surface area contributed by atoms with Gasteiger partial charge in [-0.2, -0.15) is 5.10 Å². The number of amides is 1. The van der Waals surface area contributed by atoms with Crippen LogP contribution < -0.4 is 5.32 Å². The van der Waals surface area contributed by atoms with Gasteiger partial charge in [-0.1, -0.05) is 25.4 Å². The molecule has 8 nitrogen and oxygen atoms in total. The zero-order chi connectivity index (χ0) is 15.6. The largest absolute Gasteiger partial charge is 0.305 e. The maximum Gasteiger partial charge on any atom is 0.288 e. The molecule has 0 fully saturated rings. The van der Waals surface area contributed by atoms with Crippen LogP contribution in [0, 0.1) is 10.1 Å². The van der Waals surface area contributed by atoms with Crippen molar-refractivity contribution in [1.82, 2.24) is 15.2 Å². The molecule has 0 spiro atoms. The minimum atomic E-state index is -0.647. The number of nitrogens with one attached hydrogen (secondary N) is 2. The van der Waals surface area contributed by atoms with Gasteiger partial charge in [-0.3, -0.25) is 20.0 Å². The number of carbonyl (C=O) groups is 1. The number of H-pyrrole nitrogens is 1. The van der Waals surface area contributed by atoms with E-state index in [1.54, 1.807) is 6.07 Å². The van der Waals surface area contributed by atoms with Crippen LogP contribution in [0.3, 0.4) is 0 Å². The van der Waals surface area contributed by atoms with Crippen molar-refractivity contribution in [3.05, 3.63) is 44.9 Å². The number of halogens is 1. The molecule has 0 atom stereocenters. The van der Waals surface area contributed by atoms with Gasteiger partial charge in [0.1, 0.15) is 11.3 Å². The quantitative estimate of drug-likeness (QED) is 0.512. The molecule has 1 amide bonds. The summed E-state index contributed by atoms with van der Waals surface area (Å²) in [5, 5.41) is 19.8. The molecule has 2 heterocycles. The maximum atomic E-state index is 12.1. The molecule has 0 unspecified atom stereocenters. The van der Waals surface area contributed by atoms with Crippen LogP contribution >= 0.6 is 11.6 Å². The van der Waals surface area contributed by atoms with Crippen molar-refractivity contribution < 1.29 is 9.72 Å². The summed E-state index contributed by atoms with van der Waals surface area (Å²) < 4.78 is 0. The molecular formula is C12H12ClN5O3. The highest BCUT2D eigenvalue weighted by atomic mass is 35.5. The molecule has 0 radical (unpaired) electrons. The lowest BCUT2D eigenvalue weighted by Gasteiger charge is -2.03. The fraction of sp³-hybridized carbons (Fsp3) is 0.250. The number of anilines is 1. The van der Waals surface area contributed by atoms with Gasteiger partial charge < -0.3 is 5.32 Å². The lowest BCUT2D eigenvalue weighted by atomic mass is 10.1. The molecule has 21 heavy (non-hydrogen) atoms. The van der Waals surface area contributed by atoms with Gasteiger partial charge in [0, 0.05) is 17.8 Å². The van der Waals surface area contributed by atoms with Crippen LogP contribution in [-0.2, 0) is 0 Å². The average molecular weight is 310 g/mol. The minimum Gasteiger partial charge on any atom is -0.305 e. The first kappa shape index (κ1) is 14.9. The Kier molecular flexibility index (Phi) is 4.18. The van der Waals surface area contributed by atoms with E-state index < -0.39 is 10.8 Å². The van der Waals surface area contributed by atoms with Crippen molar-refractivity contribution >= 4 is 29.0 Å². The van der Waals surface area contributed by atoms with Gasteiger partial charge in [-0.05, 0) is 5.92 Å². The lowest BCUT2D eigenvalue weighted by Crippen LogP contribution is -2.13. The molecular weight excluding hydrogens is 298 g/mol. The average Bonchev–Trinajstić information content (AvgIpc) is 2.87. The van der Waals surface area contributed by atoms with Gasteiger partial charge >= 0.3 is 0 Å². The highest BCUT2D eigenvalue weighted by Crippen LogP contribution is 2.21. The van der Waals surface area contributed by atoms with E-state index in [0.29, 0.717) is 5.82 Å². The predicted molar refractivity (Wildman–Crippen MR) is 76.5 cm³/mol. The zero-order valence-corrected chi connectivity index (χ0v) is 12.0. The summed E-state index contributed by atoms with van der Waals surface area (Å²) in [6.45, 7) is 3.95. The number of aromatic amines is 1. The third kappa shape index (κ3) is 3.34. The molecule has 0 saturated carbocycles.